The van der Waals surface area contributed by atoms with E-state index in [9.17, 15) is 19.5 Å². The van der Waals surface area contributed by atoms with Gasteiger partial charge in [-0.2, -0.15) is 0 Å². The van der Waals surface area contributed by atoms with Crippen LogP contribution in [0, 0.1) is 0 Å². The van der Waals surface area contributed by atoms with Gasteiger partial charge in [0.25, 0.3) is 0 Å². The molecule has 0 saturated heterocycles. The fraction of sp³-hybridized carbons (Fsp3) is 0.842. The Bertz CT molecular complexity index is 390. The number of hydrogen-bond donors (Lipinski definition) is 0. The van der Waals surface area contributed by atoms with E-state index in [1.54, 1.807) is 0 Å². The Morgan fingerprint density at radius 2 is 1.48 bits per heavy atom. The molecule has 0 aromatic heterocycles. The molecule has 25 heavy (non-hydrogen) atoms. The first-order valence-electron chi connectivity index (χ1n) is 9.38. The van der Waals surface area contributed by atoms with Crippen molar-refractivity contribution in [3.05, 3.63) is 0 Å². The van der Waals surface area contributed by atoms with Gasteiger partial charge in [0.15, 0.2) is 6.10 Å². The first kappa shape index (κ1) is 23.6. The molecule has 0 aromatic rings. The van der Waals surface area contributed by atoms with Crippen molar-refractivity contribution in [2.24, 2.45) is 0 Å². The second-order valence-corrected chi connectivity index (χ2v) is 7.69. The van der Waals surface area contributed by atoms with Crippen LogP contribution in [-0.4, -0.2) is 56.5 Å². The van der Waals surface area contributed by atoms with Gasteiger partial charge in [-0.1, -0.05) is 38.5 Å². The number of carboxylic acid groups (broad SMARTS) is 1. The number of aldehydes is 1. The monoisotopic (exact) mass is 357 g/mol. The number of quaternary nitrogens is 1. The molecule has 0 amide bonds. The van der Waals surface area contributed by atoms with Crippen LogP contribution in [0.3, 0.4) is 0 Å². The maximum absolute atomic E-state index is 11.9. The molecule has 0 fully saturated rings. The maximum atomic E-state index is 11.9. The summed E-state index contributed by atoms with van der Waals surface area (Å²) in [6.07, 6.45) is 9.46. The molecule has 0 saturated carbocycles. The highest BCUT2D eigenvalue weighted by Gasteiger charge is 2.22. The highest BCUT2D eigenvalue weighted by molar-refractivity contribution is 5.70. The molecule has 1 unspecified atom stereocenters. The summed E-state index contributed by atoms with van der Waals surface area (Å²) in [5.41, 5.74) is 0. The largest absolute Gasteiger partial charge is 0.550 e. The fourth-order valence-corrected chi connectivity index (χ4v) is 2.74. The minimum atomic E-state index is -1.20. The van der Waals surface area contributed by atoms with E-state index >= 15 is 0 Å². The number of carbonyl (C=O) groups is 3. The summed E-state index contributed by atoms with van der Waals surface area (Å²) in [6, 6.07) is 0. The molecule has 0 aliphatic rings. The summed E-state index contributed by atoms with van der Waals surface area (Å²) in [6.45, 7) is 0.448. The van der Waals surface area contributed by atoms with Crippen LogP contribution in [0.1, 0.15) is 70.6 Å². The molecule has 0 radical (unpaired) electrons. The zero-order chi connectivity index (χ0) is 19.1. The van der Waals surface area contributed by atoms with Gasteiger partial charge in [0.1, 0.15) is 12.8 Å². The van der Waals surface area contributed by atoms with E-state index in [0.29, 0.717) is 23.9 Å². The van der Waals surface area contributed by atoms with Crippen molar-refractivity contribution in [2.75, 3.05) is 27.7 Å². The number of carboxylic acids is 1. The Morgan fingerprint density at radius 1 is 0.960 bits per heavy atom. The predicted octanol–water partition coefficient (Wildman–Crippen LogP) is 1.84. The molecular weight excluding hydrogens is 322 g/mol. The average Bonchev–Trinajstić information content (AvgIpc) is 2.46. The number of aliphatic carboxylic acids is 1. The fourth-order valence-electron chi connectivity index (χ4n) is 2.74. The summed E-state index contributed by atoms with van der Waals surface area (Å²) in [7, 11) is 5.78. The number of unbranched alkanes of at least 4 members (excludes halogenated alkanes) is 8. The highest BCUT2D eigenvalue weighted by Crippen LogP contribution is 2.12. The SMILES string of the molecule is C[N+](C)(C)CC(CC(=O)[O-])OC(=O)CCCCCCCCCCC=O. The minimum absolute atomic E-state index is 0.259. The molecule has 0 rings (SSSR count). The third kappa shape index (κ3) is 17.2. The lowest BCUT2D eigenvalue weighted by Gasteiger charge is -2.29. The lowest BCUT2D eigenvalue weighted by Crippen LogP contribution is -2.45. The summed E-state index contributed by atoms with van der Waals surface area (Å²) in [4.78, 5) is 32.9. The Hall–Kier alpha value is -1.43. The second-order valence-electron chi connectivity index (χ2n) is 7.69. The number of nitrogens with zero attached hydrogens (tertiary/aromatic N) is 1. The van der Waals surface area contributed by atoms with E-state index in [2.05, 4.69) is 0 Å². The topological polar surface area (TPSA) is 83.5 Å². The van der Waals surface area contributed by atoms with E-state index in [4.69, 9.17) is 4.74 Å². The van der Waals surface area contributed by atoms with E-state index in [1.807, 2.05) is 21.1 Å². The van der Waals surface area contributed by atoms with E-state index in [1.165, 1.54) is 6.42 Å². The van der Waals surface area contributed by atoms with Gasteiger partial charge < -0.3 is 23.9 Å². The first-order valence-corrected chi connectivity index (χ1v) is 9.38. The summed E-state index contributed by atoms with van der Waals surface area (Å²) in [5, 5.41) is 10.8. The van der Waals surface area contributed by atoms with Crippen molar-refractivity contribution < 1.29 is 28.7 Å². The standard InChI is InChI=1S/C19H35NO5/c1-20(2,3)16-17(15-18(22)23)25-19(24)13-11-9-7-5-4-6-8-10-12-14-21/h14,17H,4-13,15-16H2,1-3H3. The van der Waals surface area contributed by atoms with Crippen LogP contribution in [-0.2, 0) is 19.1 Å². The molecule has 0 spiro atoms. The quantitative estimate of drug-likeness (QED) is 0.182. The van der Waals surface area contributed by atoms with Crippen LogP contribution in [0.4, 0.5) is 0 Å². The minimum Gasteiger partial charge on any atom is -0.550 e. The van der Waals surface area contributed by atoms with Crippen molar-refractivity contribution >= 4 is 18.2 Å². The van der Waals surface area contributed by atoms with Crippen molar-refractivity contribution in [1.29, 1.82) is 0 Å². The van der Waals surface area contributed by atoms with Crippen LogP contribution in [0.5, 0.6) is 0 Å². The van der Waals surface area contributed by atoms with Crippen LogP contribution < -0.4 is 5.11 Å². The summed E-state index contributed by atoms with van der Waals surface area (Å²) >= 11 is 0. The number of ether oxygens (including phenoxy) is 1. The number of carbonyl (C=O) groups excluding carboxylic acids is 3. The average molecular weight is 357 g/mol. The van der Waals surface area contributed by atoms with E-state index in [-0.39, 0.29) is 12.4 Å². The first-order chi connectivity index (χ1) is 11.7. The van der Waals surface area contributed by atoms with Crippen LogP contribution in [0.25, 0.3) is 0 Å². The number of esters is 1. The predicted molar refractivity (Wildman–Crippen MR) is 94.6 cm³/mol. The molecule has 0 heterocycles. The molecule has 0 aromatic carbocycles. The molecule has 0 bridgehead atoms. The molecule has 0 aliphatic heterocycles. The number of hydrogen-bond acceptors (Lipinski definition) is 5. The van der Waals surface area contributed by atoms with Crippen LogP contribution >= 0.6 is 0 Å². The molecular formula is C19H35NO5. The van der Waals surface area contributed by atoms with Crippen molar-refractivity contribution in [3.8, 4) is 0 Å². The van der Waals surface area contributed by atoms with Gasteiger partial charge in [-0.25, -0.2) is 0 Å². The summed E-state index contributed by atoms with van der Waals surface area (Å²) < 4.78 is 5.84. The van der Waals surface area contributed by atoms with E-state index < -0.39 is 12.1 Å². The van der Waals surface area contributed by atoms with Crippen molar-refractivity contribution in [2.45, 2.75) is 76.7 Å². The second kappa shape index (κ2) is 13.8. The van der Waals surface area contributed by atoms with E-state index in [0.717, 1.165) is 51.2 Å². The molecule has 0 N–H and O–H groups in total. The van der Waals surface area contributed by atoms with Gasteiger partial charge >= 0.3 is 5.97 Å². The smallest absolute Gasteiger partial charge is 0.306 e. The molecule has 0 aliphatic carbocycles. The summed E-state index contributed by atoms with van der Waals surface area (Å²) in [5.74, 6) is -1.52. The molecule has 1 atom stereocenters. The zero-order valence-corrected chi connectivity index (χ0v) is 16.1. The Labute approximate surface area is 152 Å². The van der Waals surface area contributed by atoms with Gasteiger partial charge in [-0.05, 0) is 12.8 Å². The van der Waals surface area contributed by atoms with Gasteiger partial charge in [-0.3, -0.25) is 4.79 Å². The molecule has 6 heteroatoms. The Morgan fingerprint density at radius 3 is 1.96 bits per heavy atom. The van der Waals surface area contributed by atoms with Crippen LogP contribution in [0.15, 0.2) is 0 Å². The van der Waals surface area contributed by atoms with Gasteiger partial charge in [0, 0.05) is 25.2 Å². The Kier molecular flexibility index (Phi) is 13.0. The van der Waals surface area contributed by atoms with Crippen molar-refractivity contribution in [1.82, 2.24) is 0 Å². The highest BCUT2D eigenvalue weighted by atomic mass is 16.5. The van der Waals surface area contributed by atoms with Gasteiger partial charge in [-0.15, -0.1) is 0 Å². The Balaban J connectivity index is 3.78. The van der Waals surface area contributed by atoms with Crippen LogP contribution in [0.2, 0.25) is 0 Å². The van der Waals surface area contributed by atoms with Gasteiger partial charge in [0.2, 0.25) is 0 Å². The third-order valence-corrected chi connectivity index (χ3v) is 3.90. The third-order valence-electron chi connectivity index (χ3n) is 3.90. The normalized spacial score (nSPS) is 12.6. The number of likely N-dealkylation sites (N-methyl/N-ethyl adjacent to an activating group) is 1. The lowest BCUT2D eigenvalue weighted by molar-refractivity contribution is -0.873. The lowest BCUT2D eigenvalue weighted by atomic mass is 10.1. The molecule has 146 valence electrons. The van der Waals surface area contributed by atoms with Gasteiger partial charge in [0.05, 0.1) is 21.1 Å². The maximum Gasteiger partial charge on any atom is 0.306 e. The van der Waals surface area contributed by atoms with Crippen molar-refractivity contribution in [3.63, 3.8) is 0 Å². The number of rotatable bonds is 16. The zero-order valence-electron chi connectivity index (χ0n) is 16.1. The molecule has 6 nitrogen and oxygen atoms in total.